The van der Waals surface area contributed by atoms with Gasteiger partial charge >= 0.3 is 5.91 Å². The molecule has 0 aliphatic carbocycles. The van der Waals surface area contributed by atoms with E-state index in [0.29, 0.717) is 29.4 Å². The maximum atomic E-state index is 12.9. The molecule has 24 heavy (non-hydrogen) atoms. The average Bonchev–Trinajstić information content (AvgIpc) is 2.65. The number of ether oxygens (including phenoxy) is 3. The second-order valence-electron chi connectivity index (χ2n) is 5.49. The largest absolute Gasteiger partial charge is 0.493 e. The van der Waals surface area contributed by atoms with Crippen molar-refractivity contribution >= 4 is 12.1 Å². The molecule has 5 nitrogen and oxygen atoms in total. The lowest BCUT2D eigenvalue weighted by atomic mass is 10.0. The lowest BCUT2D eigenvalue weighted by molar-refractivity contribution is -0.424. The Balaban J connectivity index is 2.01. The second-order valence-corrected chi connectivity index (χ2v) is 5.49. The topological polar surface area (TPSA) is 47.8 Å². The molecule has 0 atom stereocenters. The van der Waals surface area contributed by atoms with Gasteiger partial charge in [-0.3, -0.25) is 0 Å². The first-order valence-corrected chi connectivity index (χ1v) is 7.71. The van der Waals surface area contributed by atoms with Gasteiger partial charge in [0, 0.05) is 24.1 Å². The summed E-state index contributed by atoms with van der Waals surface area (Å²) in [5.41, 5.74) is 2.83. The number of amides is 1. The molecule has 3 rings (SSSR count). The molecule has 1 amide bonds. The van der Waals surface area contributed by atoms with Gasteiger partial charge in [-0.05, 0) is 11.6 Å². The van der Waals surface area contributed by atoms with Crippen molar-refractivity contribution in [1.29, 1.82) is 0 Å². The van der Waals surface area contributed by atoms with Crippen LogP contribution >= 0.6 is 0 Å². The van der Waals surface area contributed by atoms with Crippen molar-refractivity contribution in [3.05, 3.63) is 53.1 Å². The van der Waals surface area contributed by atoms with Crippen molar-refractivity contribution < 1.29 is 23.6 Å². The van der Waals surface area contributed by atoms with Crippen LogP contribution in [0, 0.1) is 0 Å². The Labute approximate surface area is 141 Å². The number of fused-ring (bicyclic) bond motifs is 1. The van der Waals surface area contributed by atoms with Gasteiger partial charge in [-0.2, -0.15) is 4.58 Å². The molecule has 1 heterocycles. The standard InChI is InChI=1S/C19H20NO4/c1-22-16-10-15(11-17(23-2)18(16)24-3)19(21)20-9-8-13-6-4-5-7-14(13)12-20/h4-7,10-12H,8-9H2,1-3H3/q+1. The van der Waals surface area contributed by atoms with Gasteiger partial charge in [-0.1, -0.05) is 18.2 Å². The van der Waals surface area contributed by atoms with E-state index in [1.807, 2.05) is 24.4 Å². The third-order valence-corrected chi connectivity index (χ3v) is 4.14. The summed E-state index contributed by atoms with van der Waals surface area (Å²) in [7, 11) is 4.61. The Kier molecular flexibility index (Phi) is 4.51. The molecule has 0 saturated heterocycles. The third-order valence-electron chi connectivity index (χ3n) is 4.14. The zero-order chi connectivity index (χ0) is 17.1. The van der Waals surface area contributed by atoms with Crippen molar-refractivity contribution in [3.63, 3.8) is 0 Å². The molecule has 0 spiro atoms. The molecule has 0 saturated carbocycles. The molecule has 0 N–H and O–H groups in total. The normalized spacial score (nSPS) is 12.9. The van der Waals surface area contributed by atoms with Crippen molar-refractivity contribution in [3.8, 4) is 17.2 Å². The zero-order valence-corrected chi connectivity index (χ0v) is 14.0. The summed E-state index contributed by atoms with van der Waals surface area (Å²) < 4.78 is 17.7. The Morgan fingerprint density at radius 3 is 2.29 bits per heavy atom. The van der Waals surface area contributed by atoms with Gasteiger partial charge in [0.25, 0.3) is 0 Å². The van der Waals surface area contributed by atoms with Crippen molar-refractivity contribution in [1.82, 2.24) is 0 Å². The maximum Gasteiger partial charge on any atom is 0.419 e. The van der Waals surface area contributed by atoms with Crippen LogP contribution in [0.5, 0.6) is 17.2 Å². The number of rotatable bonds is 4. The van der Waals surface area contributed by atoms with E-state index in [1.54, 1.807) is 16.7 Å². The minimum absolute atomic E-state index is 0.0937. The zero-order valence-electron chi connectivity index (χ0n) is 14.0. The predicted molar refractivity (Wildman–Crippen MR) is 90.9 cm³/mol. The summed E-state index contributed by atoms with van der Waals surface area (Å²) in [6, 6.07) is 11.5. The summed E-state index contributed by atoms with van der Waals surface area (Å²) in [5.74, 6) is 1.32. The predicted octanol–water partition coefficient (Wildman–Crippen LogP) is 2.54. The van der Waals surface area contributed by atoms with E-state index in [0.717, 1.165) is 12.0 Å². The molecule has 124 valence electrons. The molecule has 0 unspecified atom stereocenters. The van der Waals surface area contributed by atoms with Crippen LogP contribution in [0.1, 0.15) is 21.5 Å². The Morgan fingerprint density at radius 1 is 1.00 bits per heavy atom. The first kappa shape index (κ1) is 16.1. The SMILES string of the molecule is COc1cc(C(=O)[N+]2=Cc3ccccc3CC2)cc(OC)c1OC. The maximum absolute atomic E-state index is 12.9. The highest BCUT2D eigenvalue weighted by molar-refractivity contribution is 5.94. The number of carbonyl (C=O) groups excluding carboxylic acids is 1. The van der Waals surface area contributed by atoms with Crippen LogP contribution in [0.2, 0.25) is 0 Å². The third kappa shape index (κ3) is 2.85. The van der Waals surface area contributed by atoms with Crippen molar-refractivity contribution in [2.24, 2.45) is 0 Å². The molecule has 1 aliphatic rings. The van der Waals surface area contributed by atoms with Crippen LogP contribution in [0.4, 0.5) is 0 Å². The molecule has 0 bridgehead atoms. The smallest absolute Gasteiger partial charge is 0.419 e. The van der Waals surface area contributed by atoms with Gasteiger partial charge < -0.3 is 14.2 Å². The molecule has 2 aromatic rings. The highest BCUT2D eigenvalue weighted by atomic mass is 16.5. The fraction of sp³-hybridized carbons (Fsp3) is 0.263. The van der Waals surface area contributed by atoms with Gasteiger partial charge in [0.15, 0.2) is 24.3 Å². The molecular weight excluding hydrogens is 306 g/mol. The van der Waals surface area contributed by atoms with Crippen LogP contribution in [0.15, 0.2) is 36.4 Å². The van der Waals surface area contributed by atoms with E-state index in [-0.39, 0.29) is 5.91 Å². The quantitative estimate of drug-likeness (QED) is 0.810. The van der Waals surface area contributed by atoms with Crippen LogP contribution in [0.25, 0.3) is 0 Å². The fourth-order valence-corrected chi connectivity index (χ4v) is 2.89. The van der Waals surface area contributed by atoms with E-state index in [4.69, 9.17) is 14.2 Å². The second kappa shape index (κ2) is 6.74. The molecule has 0 aromatic heterocycles. The lowest BCUT2D eigenvalue weighted by Crippen LogP contribution is -2.28. The van der Waals surface area contributed by atoms with Crippen LogP contribution in [0.3, 0.4) is 0 Å². The summed E-state index contributed by atoms with van der Waals surface area (Å²) in [6.45, 7) is 0.645. The van der Waals surface area contributed by atoms with Crippen LogP contribution in [-0.2, 0) is 6.42 Å². The number of hydrogen-bond acceptors (Lipinski definition) is 4. The van der Waals surface area contributed by atoms with E-state index < -0.39 is 0 Å². The van der Waals surface area contributed by atoms with Crippen molar-refractivity contribution in [2.45, 2.75) is 6.42 Å². The van der Waals surface area contributed by atoms with Gasteiger partial charge in [0.05, 0.1) is 26.9 Å². The van der Waals surface area contributed by atoms with Gasteiger partial charge in [0.1, 0.15) is 0 Å². The number of carbonyl (C=O) groups is 1. The van der Waals surface area contributed by atoms with E-state index in [9.17, 15) is 4.79 Å². The van der Waals surface area contributed by atoms with Gasteiger partial charge in [-0.15, -0.1) is 0 Å². The number of methoxy groups -OCH3 is 3. The average molecular weight is 326 g/mol. The fourth-order valence-electron chi connectivity index (χ4n) is 2.89. The van der Waals surface area contributed by atoms with E-state index in [1.165, 1.54) is 26.9 Å². The molecule has 0 radical (unpaired) electrons. The molecule has 0 fully saturated rings. The van der Waals surface area contributed by atoms with Crippen LogP contribution in [-0.4, -0.2) is 44.6 Å². The first-order valence-electron chi connectivity index (χ1n) is 7.71. The van der Waals surface area contributed by atoms with E-state index >= 15 is 0 Å². The molecule has 1 aliphatic heterocycles. The number of benzene rings is 2. The highest BCUT2D eigenvalue weighted by Crippen LogP contribution is 2.38. The summed E-state index contributed by atoms with van der Waals surface area (Å²) in [4.78, 5) is 12.9. The first-order chi connectivity index (χ1) is 11.7. The van der Waals surface area contributed by atoms with Gasteiger partial charge in [-0.25, -0.2) is 4.79 Å². The summed E-state index contributed by atoms with van der Waals surface area (Å²) in [6.07, 6.45) is 2.73. The number of hydrogen-bond donors (Lipinski definition) is 0. The number of nitrogens with zero attached hydrogens (tertiary/aromatic N) is 1. The molecule has 5 heteroatoms. The monoisotopic (exact) mass is 326 g/mol. The Hall–Kier alpha value is -2.82. The van der Waals surface area contributed by atoms with Gasteiger partial charge in [0.2, 0.25) is 5.75 Å². The van der Waals surface area contributed by atoms with Crippen molar-refractivity contribution in [2.75, 3.05) is 27.9 Å². The minimum atomic E-state index is -0.0937. The Bertz CT molecular complexity index is 786. The Morgan fingerprint density at radius 2 is 1.67 bits per heavy atom. The molecular formula is C19H20NO4+. The lowest BCUT2D eigenvalue weighted by Gasteiger charge is -2.14. The van der Waals surface area contributed by atoms with Crippen LogP contribution < -0.4 is 14.2 Å². The van der Waals surface area contributed by atoms with E-state index in [2.05, 4.69) is 6.07 Å². The summed E-state index contributed by atoms with van der Waals surface area (Å²) >= 11 is 0. The molecule has 2 aromatic carbocycles. The summed E-state index contributed by atoms with van der Waals surface area (Å²) in [5, 5.41) is 0. The minimum Gasteiger partial charge on any atom is -0.493 e. The highest BCUT2D eigenvalue weighted by Gasteiger charge is 2.27.